The highest BCUT2D eigenvalue weighted by molar-refractivity contribution is 7.27. The third kappa shape index (κ3) is 1.94. The Kier molecular flexibility index (Phi) is 3.08. The molecule has 1 nitrogen and oxygen atoms in total. The number of hydrogen-bond donors (Lipinski definition) is 0. The summed E-state index contributed by atoms with van der Waals surface area (Å²) in [6.07, 6.45) is 0. The number of nitrogens with zero attached hydrogens (tertiary/aromatic N) is 1. The summed E-state index contributed by atoms with van der Waals surface area (Å²) in [5.41, 5.74) is 3.88. The van der Waals surface area contributed by atoms with E-state index in [9.17, 15) is 0 Å². The molecular weight excluding hydrogens is 406 g/mol. The van der Waals surface area contributed by atoms with Crippen LogP contribution in [-0.4, -0.2) is 4.40 Å². The summed E-state index contributed by atoms with van der Waals surface area (Å²) < 4.78 is 5.24. The van der Waals surface area contributed by atoms with E-state index in [1.165, 1.54) is 69.0 Å². The molecule has 148 valence electrons. The summed E-state index contributed by atoms with van der Waals surface area (Å²) >= 11 is 1.93. The Hall–Kier alpha value is -3.88. The lowest BCUT2D eigenvalue weighted by Gasteiger charge is -2.11. The summed E-state index contributed by atoms with van der Waals surface area (Å²) in [4.78, 5) is 0. The first-order valence-electron chi connectivity index (χ1n) is 11.0. The number of aromatic nitrogens is 1. The summed E-state index contributed by atoms with van der Waals surface area (Å²) in [6, 6.07) is 37.9. The van der Waals surface area contributed by atoms with Crippen LogP contribution in [0, 0.1) is 0 Å². The first-order valence-corrected chi connectivity index (χ1v) is 11.8. The van der Waals surface area contributed by atoms with Crippen molar-refractivity contribution in [3.05, 3.63) is 103 Å². The van der Waals surface area contributed by atoms with Gasteiger partial charge in [0, 0.05) is 26.2 Å². The van der Waals surface area contributed by atoms with Crippen LogP contribution in [0.5, 0.6) is 0 Å². The fraction of sp³-hybridized carbons (Fsp3) is 0. The van der Waals surface area contributed by atoms with Crippen LogP contribution < -0.4 is 0 Å². The van der Waals surface area contributed by atoms with Crippen molar-refractivity contribution in [2.24, 2.45) is 0 Å². The topological polar surface area (TPSA) is 4.41 Å². The summed E-state index contributed by atoms with van der Waals surface area (Å²) in [7, 11) is 0. The molecule has 0 unspecified atom stereocenters. The van der Waals surface area contributed by atoms with Crippen molar-refractivity contribution in [3.63, 3.8) is 0 Å². The van der Waals surface area contributed by atoms with E-state index in [1.807, 2.05) is 11.3 Å². The highest BCUT2D eigenvalue weighted by Crippen LogP contribution is 2.47. The van der Waals surface area contributed by atoms with Crippen molar-refractivity contribution in [1.29, 1.82) is 0 Å². The van der Waals surface area contributed by atoms with Gasteiger partial charge in [-0.2, -0.15) is 0 Å². The molecule has 5 aromatic carbocycles. The molecular formula is C30H17NS. The van der Waals surface area contributed by atoms with Gasteiger partial charge in [0.05, 0.1) is 21.3 Å². The smallest absolute Gasteiger partial charge is 0.0734 e. The van der Waals surface area contributed by atoms with Crippen LogP contribution in [0.2, 0.25) is 0 Å². The lowest BCUT2D eigenvalue weighted by atomic mass is 9.96. The van der Waals surface area contributed by atoms with Gasteiger partial charge in [-0.25, -0.2) is 0 Å². The van der Waals surface area contributed by atoms with Gasteiger partial charge in [0.15, 0.2) is 0 Å². The number of para-hydroxylation sites is 2. The predicted molar refractivity (Wildman–Crippen MR) is 140 cm³/mol. The van der Waals surface area contributed by atoms with Crippen LogP contribution in [0.3, 0.4) is 0 Å². The van der Waals surface area contributed by atoms with Crippen molar-refractivity contribution < 1.29 is 0 Å². The van der Waals surface area contributed by atoms with Gasteiger partial charge in [-0.05, 0) is 39.7 Å². The number of hydrogen-bond acceptors (Lipinski definition) is 1. The Labute approximate surface area is 187 Å². The molecule has 0 aliphatic rings. The van der Waals surface area contributed by atoms with Crippen LogP contribution in [0.4, 0.5) is 0 Å². The molecule has 0 N–H and O–H groups in total. The van der Waals surface area contributed by atoms with E-state index in [-0.39, 0.29) is 0 Å². The van der Waals surface area contributed by atoms with Gasteiger partial charge in [0.25, 0.3) is 0 Å². The number of thiophene rings is 1. The van der Waals surface area contributed by atoms with Gasteiger partial charge >= 0.3 is 0 Å². The summed E-state index contributed by atoms with van der Waals surface area (Å²) in [6.45, 7) is 0. The fourth-order valence-electron chi connectivity index (χ4n) is 5.65. The monoisotopic (exact) mass is 423 g/mol. The van der Waals surface area contributed by atoms with Crippen molar-refractivity contribution in [1.82, 2.24) is 4.40 Å². The van der Waals surface area contributed by atoms with Gasteiger partial charge in [-0.15, -0.1) is 11.3 Å². The van der Waals surface area contributed by atoms with E-state index in [0.29, 0.717) is 0 Å². The van der Waals surface area contributed by atoms with Crippen molar-refractivity contribution in [3.8, 4) is 0 Å². The van der Waals surface area contributed by atoms with Gasteiger partial charge < -0.3 is 4.40 Å². The number of benzene rings is 5. The SMILES string of the molecule is c1ccc2c(c1)cc1sc3c4ccccc4n4c5ccccc5c5ccccc5c2c1c34. The zero-order chi connectivity index (χ0) is 20.8. The first kappa shape index (κ1) is 16.8. The van der Waals surface area contributed by atoms with Crippen LogP contribution in [0.1, 0.15) is 0 Å². The van der Waals surface area contributed by atoms with Crippen molar-refractivity contribution in [2.75, 3.05) is 0 Å². The molecule has 0 aliphatic carbocycles. The molecule has 0 radical (unpaired) electrons. The molecule has 3 heterocycles. The van der Waals surface area contributed by atoms with Crippen LogP contribution in [0.25, 0.3) is 69.0 Å². The maximum atomic E-state index is 2.51. The molecule has 8 aromatic rings. The molecule has 32 heavy (non-hydrogen) atoms. The predicted octanol–water partition coefficient (Wildman–Crippen LogP) is 8.92. The van der Waals surface area contributed by atoms with Crippen LogP contribution >= 0.6 is 11.3 Å². The largest absolute Gasteiger partial charge is 0.307 e. The van der Waals surface area contributed by atoms with Crippen molar-refractivity contribution >= 4 is 80.4 Å². The average molecular weight is 424 g/mol. The molecule has 3 aromatic heterocycles. The van der Waals surface area contributed by atoms with Crippen LogP contribution in [0.15, 0.2) is 103 Å². The van der Waals surface area contributed by atoms with Gasteiger partial charge in [-0.1, -0.05) is 84.9 Å². The highest BCUT2D eigenvalue weighted by Gasteiger charge is 2.20. The quantitative estimate of drug-likeness (QED) is 0.229. The van der Waals surface area contributed by atoms with E-state index < -0.39 is 0 Å². The molecule has 8 rings (SSSR count). The number of rotatable bonds is 0. The van der Waals surface area contributed by atoms with Crippen molar-refractivity contribution in [2.45, 2.75) is 0 Å². The Morgan fingerprint density at radius 1 is 0.500 bits per heavy atom. The maximum absolute atomic E-state index is 2.51. The highest BCUT2D eigenvalue weighted by atomic mass is 32.1. The van der Waals surface area contributed by atoms with E-state index in [4.69, 9.17) is 0 Å². The van der Waals surface area contributed by atoms with E-state index in [1.54, 1.807) is 0 Å². The van der Waals surface area contributed by atoms with E-state index in [2.05, 4.69) is 108 Å². The summed E-state index contributed by atoms with van der Waals surface area (Å²) in [5, 5.41) is 10.6. The summed E-state index contributed by atoms with van der Waals surface area (Å²) in [5.74, 6) is 0. The minimum absolute atomic E-state index is 1.25. The average Bonchev–Trinajstić information content (AvgIpc) is 3.36. The molecule has 0 bridgehead atoms. The third-order valence-corrected chi connectivity index (χ3v) is 8.08. The Balaban J connectivity index is 1.92. The molecule has 0 aliphatic heterocycles. The minimum Gasteiger partial charge on any atom is -0.307 e. The van der Waals surface area contributed by atoms with E-state index in [0.717, 1.165) is 0 Å². The maximum Gasteiger partial charge on any atom is 0.0734 e. The zero-order valence-electron chi connectivity index (χ0n) is 17.2. The minimum atomic E-state index is 1.25. The lowest BCUT2D eigenvalue weighted by Crippen LogP contribution is -1.89. The van der Waals surface area contributed by atoms with Crippen LogP contribution in [-0.2, 0) is 0 Å². The first-order chi connectivity index (χ1) is 15.9. The standard InChI is InChI=1S/C30H17NS/c1-2-10-19-18(9-1)17-26-28-27(19)22-13-4-3-11-20(22)21-12-5-7-15-24(21)31-25-16-8-6-14-23(25)30(32-26)29(28)31/h1-17H. The number of fused-ring (bicyclic) bond motifs is 10. The van der Waals surface area contributed by atoms with Gasteiger partial charge in [0.1, 0.15) is 0 Å². The second kappa shape index (κ2) is 5.87. The zero-order valence-corrected chi connectivity index (χ0v) is 18.0. The Morgan fingerprint density at radius 2 is 1.09 bits per heavy atom. The molecule has 0 saturated carbocycles. The third-order valence-electron chi connectivity index (χ3n) is 6.92. The second-order valence-corrected chi connectivity index (χ2v) is 9.59. The Morgan fingerprint density at radius 3 is 1.91 bits per heavy atom. The van der Waals surface area contributed by atoms with E-state index >= 15 is 0 Å². The van der Waals surface area contributed by atoms with Gasteiger partial charge in [-0.3, -0.25) is 0 Å². The molecule has 2 heteroatoms. The lowest BCUT2D eigenvalue weighted by molar-refractivity contribution is 1.36. The fourth-order valence-corrected chi connectivity index (χ4v) is 6.93. The normalized spacial score (nSPS) is 12.4. The molecule has 0 atom stereocenters. The molecule has 0 spiro atoms. The Bertz CT molecular complexity index is 2040. The second-order valence-electron chi connectivity index (χ2n) is 8.54. The molecule has 0 saturated heterocycles. The molecule has 0 fully saturated rings. The van der Waals surface area contributed by atoms with Gasteiger partial charge in [0.2, 0.25) is 0 Å². The molecule has 0 amide bonds.